The number of aromatic nitrogens is 2. The highest BCUT2D eigenvalue weighted by Gasteiger charge is 2.17. The van der Waals surface area contributed by atoms with E-state index in [4.69, 9.17) is 0 Å². The Morgan fingerprint density at radius 2 is 2.36 bits per heavy atom. The largest absolute Gasteiger partial charge is 0.351 e. The maximum Gasteiger partial charge on any atom is 0.230 e. The highest BCUT2D eigenvalue weighted by molar-refractivity contribution is 8.00. The van der Waals surface area contributed by atoms with E-state index in [0.717, 1.165) is 42.8 Å². The second-order valence-electron chi connectivity index (χ2n) is 5.70. The Kier molecular flexibility index (Phi) is 5.00. The van der Waals surface area contributed by atoms with E-state index in [1.165, 1.54) is 0 Å². The van der Waals surface area contributed by atoms with Crippen LogP contribution in [-0.4, -0.2) is 40.8 Å². The van der Waals surface area contributed by atoms with Crippen LogP contribution in [0.2, 0.25) is 0 Å². The van der Waals surface area contributed by atoms with Gasteiger partial charge in [-0.25, -0.2) is 4.98 Å². The maximum atomic E-state index is 12.0. The van der Waals surface area contributed by atoms with Crippen LogP contribution in [0.5, 0.6) is 0 Å². The van der Waals surface area contributed by atoms with Gasteiger partial charge in [-0.05, 0) is 38.4 Å². The lowest BCUT2D eigenvalue weighted by Gasteiger charge is -2.23. The van der Waals surface area contributed by atoms with E-state index in [9.17, 15) is 4.79 Å². The number of imidazole rings is 1. The lowest BCUT2D eigenvalue weighted by Crippen LogP contribution is -2.46. The van der Waals surface area contributed by atoms with Crippen LogP contribution in [0.3, 0.4) is 0 Å². The van der Waals surface area contributed by atoms with E-state index in [2.05, 4.69) is 27.5 Å². The smallest absolute Gasteiger partial charge is 0.230 e. The van der Waals surface area contributed by atoms with E-state index in [-0.39, 0.29) is 17.2 Å². The number of rotatable bonds is 5. The number of nitrogens with zero attached hydrogens (tertiary/aromatic N) is 1. The molecule has 2 heterocycles. The SMILES string of the molecule is CC(SCC(=O)N[C@H]1CCCNC1)c1nc2ccccc2[nH]1. The first kappa shape index (κ1) is 15.4. The summed E-state index contributed by atoms with van der Waals surface area (Å²) in [5.41, 5.74) is 2.02. The molecule has 1 aromatic carbocycles. The third-order valence-corrected chi connectivity index (χ3v) is 5.07. The Morgan fingerprint density at radius 1 is 1.50 bits per heavy atom. The molecule has 6 heteroatoms. The number of hydrogen-bond acceptors (Lipinski definition) is 4. The molecule has 0 spiro atoms. The average Bonchev–Trinajstić information content (AvgIpc) is 2.98. The molecule has 2 aromatic rings. The molecule has 1 fully saturated rings. The van der Waals surface area contributed by atoms with Crippen LogP contribution in [0.25, 0.3) is 11.0 Å². The molecule has 0 aliphatic carbocycles. The molecular weight excluding hydrogens is 296 g/mol. The van der Waals surface area contributed by atoms with Gasteiger partial charge in [0.1, 0.15) is 5.82 Å². The summed E-state index contributed by atoms with van der Waals surface area (Å²) in [4.78, 5) is 19.9. The highest BCUT2D eigenvalue weighted by Crippen LogP contribution is 2.27. The number of thioether (sulfide) groups is 1. The molecule has 2 atom stereocenters. The summed E-state index contributed by atoms with van der Waals surface area (Å²) in [5, 5.41) is 6.58. The van der Waals surface area contributed by atoms with Crippen LogP contribution in [0, 0.1) is 0 Å². The van der Waals surface area contributed by atoms with Crippen LogP contribution in [-0.2, 0) is 4.79 Å². The van der Waals surface area contributed by atoms with Gasteiger partial charge in [-0.3, -0.25) is 4.79 Å². The van der Waals surface area contributed by atoms with Crippen LogP contribution in [0.4, 0.5) is 0 Å². The summed E-state index contributed by atoms with van der Waals surface area (Å²) in [6.07, 6.45) is 2.20. The number of carbonyl (C=O) groups excluding carboxylic acids is 1. The van der Waals surface area contributed by atoms with E-state index >= 15 is 0 Å². The Hall–Kier alpha value is -1.53. The molecule has 1 aliphatic heterocycles. The van der Waals surface area contributed by atoms with Crippen molar-refractivity contribution in [3.63, 3.8) is 0 Å². The van der Waals surface area contributed by atoms with Crippen molar-refractivity contribution < 1.29 is 4.79 Å². The van der Waals surface area contributed by atoms with Gasteiger partial charge >= 0.3 is 0 Å². The van der Waals surface area contributed by atoms with Gasteiger partial charge in [-0.1, -0.05) is 12.1 Å². The molecule has 1 unspecified atom stereocenters. The van der Waals surface area contributed by atoms with Crippen LogP contribution < -0.4 is 10.6 Å². The van der Waals surface area contributed by atoms with E-state index in [1.54, 1.807) is 11.8 Å². The van der Waals surface area contributed by atoms with Gasteiger partial charge in [0.15, 0.2) is 0 Å². The fourth-order valence-corrected chi connectivity index (χ4v) is 3.44. The van der Waals surface area contributed by atoms with E-state index < -0.39 is 0 Å². The number of nitrogens with one attached hydrogen (secondary N) is 3. The number of piperidine rings is 1. The first-order valence-electron chi connectivity index (χ1n) is 7.78. The molecule has 1 amide bonds. The molecule has 5 nitrogen and oxygen atoms in total. The minimum Gasteiger partial charge on any atom is -0.351 e. The second kappa shape index (κ2) is 7.15. The monoisotopic (exact) mass is 318 g/mol. The highest BCUT2D eigenvalue weighted by atomic mass is 32.2. The molecule has 118 valence electrons. The van der Waals surface area contributed by atoms with E-state index in [0.29, 0.717) is 5.75 Å². The molecule has 1 aromatic heterocycles. The Morgan fingerprint density at radius 3 is 3.14 bits per heavy atom. The number of fused-ring (bicyclic) bond motifs is 1. The van der Waals surface area contributed by atoms with Crippen LogP contribution in [0.1, 0.15) is 30.8 Å². The van der Waals surface area contributed by atoms with Crippen molar-refractivity contribution in [2.45, 2.75) is 31.1 Å². The Bertz CT molecular complexity index is 603. The van der Waals surface area contributed by atoms with Crippen molar-refractivity contribution in [2.24, 2.45) is 0 Å². The van der Waals surface area contributed by atoms with Crippen molar-refractivity contribution in [3.05, 3.63) is 30.1 Å². The van der Waals surface area contributed by atoms with Crippen molar-refractivity contribution >= 4 is 28.7 Å². The first-order valence-corrected chi connectivity index (χ1v) is 8.83. The second-order valence-corrected chi connectivity index (χ2v) is 7.03. The lowest BCUT2D eigenvalue weighted by atomic mass is 10.1. The van der Waals surface area contributed by atoms with Crippen molar-refractivity contribution in [3.8, 4) is 0 Å². The molecular formula is C16H22N4OS. The topological polar surface area (TPSA) is 69.8 Å². The zero-order valence-electron chi connectivity index (χ0n) is 12.8. The van der Waals surface area contributed by atoms with Crippen molar-refractivity contribution in [2.75, 3.05) is 18.8 Å². The minimum atomic E-state index is 0.113. The number of H-pyrrole nitrogens is 1. The quantitative estimate of drug-likeness (QED) is 0.791. The predicted molar refractivity (Wildman–Crippen MR) is 91.0 cm³/mol. The fraction of sp³-hybridized carbons (Fsp3) is 0.500. The molecule has 0 saturated carbocycles. The first-order chi connectivity index (χ1) is 10.7. The number of amides is 1. The number of para-hydroxylation sites is 2. The average molecular weight is 318 g/mol. The molecule has 0 bridgehead atoms. The summed E-state index contributed by atoms with van der Waals surface area (Å²) in [6.45, 7) is 4.03. The zero-order chi connectivity index (χ0) is 15.4. The third-order valence-electron chi connectivity index (χ3n) is 3.92. The van der Waals surface area contributed by atoms with Crippen molar-refractivity contribution in [1.29, 1.82) is 0 Å². The maximum absolute atomic E-state index is 12.0. The van der Waals surface area contributed by atoms with Gasteiger partial charge in [0.05, 0.1) is 22.0 Å². The van der Waals surface area contributed by atoms with Gasteiger partial charge in [-0.2, -0.15) is 0 Å². The normalized spacial score (nSPS) is 20.0. The van der Waals surface area contributed by atoms with Gasteiger partial charge in [0.2, 0.25) is 5.91 Å². The standard InChI is InChI=1S/C16H22N4OS/c1-11(16-19-13-6-2-3-7-14(13)20-16)22-10-15(21)18-12-5-4-8-17-9-12/h2-3,6-7,11-12,17H,4-5,8-10H2,1H3,(H,18,21)(H,19,20)/t11?,12-/m0/s1. The number of aromatic amines is 1. The summed E-state index contributed by atoms with van der Waals surface area (Å²) in [6, 6.07) is 8.27. The zero-order valence-corrected chi connectivity index (χ0v) is 13.6. The third kappa shape index (κ3) is 3.81. The number of benzene rings is 1. The van der Waals surface area contributed by atoms with Gasteiger partial charge in [-0.15, -0.1) is 11.8 Å². The fourth-order valence-electron chi connectivity index (χ4n) is 2.69. The van der Waals surface area contributed by atoms with Gasteiger partial charge in [0, 0.05) is 12.6 Å². The molecule has 1 aliphatic rings. The van der Waals surface area contributed by atoms with E-state index in [1.807, 2.05) is 24.3 Å². The van der Waals surface area contributed by atoms with Crippen LogP contribution in [0.15, 0.2) is 24.3 Å². The summed E-state index contributed by atoms with van der Waals surface area (Å²) >= 11 is 1.62. The predicted octanol–water partition coefficient (Wildman–Crippen LogP) is 2.23. The molecule has 0 radical (unpaired) electrons. The van der Waals surface area contributed by atoms with Crippen LogP contribution >= 0.6 is 11.8 Å². The molecule has 3 N–H and O–H groups in total. The lowest BCUT2D eigenvalue weighted by molar-refractivity contribution is -0.119. The molecule has 1 saturated heterocycles. The van der Waals surface area contributed by atoms with Gasteiger partial charge < -0.3 is 15.6 Å². The summed E-state index contributed by atoms with van der Waals surface area (Å²) < 4.78 is 0. The minimum absolute atomic E-state index is 0.113. The summed E-state index contributed by atoms with van der Waals surface area (Å²) in [5.74, 6) is 1.51. The van der Waals surface area contributed by atoms with Crippen molar-refractivity contribution in [1.82, 2.24) is 20.6 Å². The molecule has 22 heavy (non-hydrogen) atoms. The van der Waals surface area contributed by atoms with Gasteiger partial charge in [0.25, 0.3) is 0 Å². The molecule has 3 rings (SSSR count). The number of hydrogen-bond donors (Lipinski definition) is 3. The number of carbonyl (C=O) groups is 1. The Balaban J connectivity index is 1.50. The summed E-state index contributed by atoms with van der Waals surface area (Å²) in [7, 11) is 0. The Labute approximate surface area is 134 Å².